The van der Waals surface area contributed by atoms with Crippen LogP contribution < -0.4 is 0 Å². The Morgan fingerprint density at radius 2 is 0.336 bits per heavy atom. The summed E-state index contributed by atoms with van der Waals surface area (Å²) in [4.78, 5) is 0. The molecule has 0 saturated heterocycles. The molecule has 784 valence electrons. The highest BCUT2D eigenvalue weighted by Crippen LogP contribution is 2.39. The summed E-state index contributed by atoms with van der Waals surface area (Å²) >= 11 is 0. The van der Waals surface area contributed by atoms with E-state index < -0.39 is 0 Å². The minimum atomic E-state index is 1.30. The zero-order valence-electron chi connectivity index (χ0n) is 100. The molecule has 0 saturated carbocycles. The Hall–Kier alpha value is -13.2. The summed E-state index contributed by atoms with van der Waals surface area (Å²) in [6, 6.07) is 138. The average Bonchev–Trinajstić information content (AvgIpc) is 1.32. The second-order valence-corrected chi connectivity index (χ2v) is 28.6. The second kappa shape index (κ2) is 86.1. The lowest BCUT2D eigenvalue weighted by molar-refractivity contribution is 1.01. The van der Waals surface area contributed by atoms with Crippen LogP contribution in [0.4, 0.5) is 0 Å². The van der Waals surface area contributed by atoms with E-state index in [0.717, 1.165) is 0 Å². The fourth-order valence-corrected chi connectivity index (χ4v) is 16.1. The van der Waals surface area contributed by atoms with Gasteiger partial charge < -0.3 is 4.57 Å². The Morgan fingerprint density at radius 1 is 0.123 bits per heavy atom. The standard InChI is InChI=1S/2C19H14.3C15H12.C13H11N.C11H10.19C2H6/c1-13-7-6-12-18-16-9-3-2-8-14(16)15-10-4-5-11-17(15)19(13)18;1-13-10-11-18-16-8-3-2-6-14(16)15-7-4-5-9-17(15)19(18)12-13;1-11-14-8-4-2-6-12(14)10-13-7-3-5-9-15(11)13;1-11-5-4-8-14-9-12-6-2-3-7-13(12)10-15(11)14;1-11-6-7-14-9-12-4-2-3-5-13(12)10-15(14)8-11;1-14-12-8-4-2-6-10(12)11-7-3-5-9-13(11)14;1-9-5-4-7-10-6-2-3-8-11(9)10;19*1-2/h2*2-12H,1H3;3*2-10H,1H3;2-9H,1H3;2-8H,1H3;19*1-2H3. The van der Waals surface area contributed by atoms with Crippen LogP contribution in [0.25, 0.3) is 162 Å². The van der Waals surface area contributed by atoms with Crippen LogP contribution in [-0.4, -0.2) is 4.57 Å². The molecule has 146 heavy (non-hydrogen) atoms. The molecule has 0 fully saturated rings. The van der Waals surface area contributed by atoms with Crippen molar-refractivity contribution in [3.05, 3.63) is 422 Å². The zero-order chi connectivity index (χ0) is 112. The van der Waals surface area contributed by atoms with E-state index in [1.165, 1.54) is 195 Å². The highest BCUT2D eigenvalue weighted by atomic mass is 14.9. The summed E-state index contributed by atoms with van der Waals surface area (Å²) in [6.45, 7) is 89.0. The number of hydrogen-bond donors (Lipinski definition) is 0. The average molecular weight is 1960 g/mol. The van der Waals surface area contributed by atoms with Gasteiger partial charge in [0.2, 0.25) is 0 Å². The Balaban J connectivity index is -0.000000765. The van der Waals surface area contributed by atoms with Crippen LogP contribution in [0.3, 0.4) is 0 Å². The molecule has 0 spiro atoms. The van der Waals surface area contributed by atoms with Gasteiger partial charge in [0.15, 0.2) is 0 Å². The van der Waals surface area contributed by atoms with Crippen LogP contribution in [0.5, 0.6) is 0 Å². The monoisotopic (exact) mass is 1950 g/mol. The van der Waals surface area contributed by atoms with E-state index in [-0.39, 0.29) is 0 Å². The molecule has 1 heteroatoms. The molecule has 0 bridgehead atoms. The van der Waals surface area contributed by atoms with E-state index in [1.807, 2.05) is 263 Å². The summed E-state index contributed by atoms with van der Waals surface area (Å²) in [7, 11) is 2.12. The molecule has 0 N–H and O–H groups in total. The smallest absolute Gasteiger partial charge is 0.0488 e. The predicted molar refractivity (Wildman–Crippen MR) is 691 cm³/mol. The van der Waals surface area contributed by atoms with Crippen LogP contribution >= 0.6 is 0 Å². The predicted octanol–water partition coefficient (Wildman–Crippen LogP) is 49.8. The molecule has 0 aliphatic rings. The Kier molecular flexibility index (Phi) is 82.0. The van der Waals surface area contributed by atoms with E-state index in [4.69, 9.17) is 0 Å². The topological polar surface area (TPSA) is 4.93 Å². The van der Waals surface area contributed by atoms with Gasteiger partial charge in [-0.3, -0.25) is 0 Å². The SMILES string of the molecule is CC.CC.CC.CC.CC.CC.CC.CC.CC.CC.CC.CC.CC.CC.CC.CC.CC.CC.CC.Cc1c2ccccc2cc2ccccc12.Cc1ccc2c3ccccc3c3ccccc3c2c1.Cc1ccc2cc3ccccc3cc2c1.Cc1cccc2c3ccccc3c3ccccc3c12.Cc1cccc2cc3ccccc3cc12.Cc1cccc2ccccc12.Cn1c2ccccc2c2ccccc21. The van der Waals surface area contributed by atoms with Crippen molar-refractivity contribution in [3.63, 3.8) is 0 Å². The third-order valence-electron chi connectivity index (χ3n) is 21.6. The zero-order valence-corrected chi connectivity index (χ0v) is 100. The van der Waals surface area contributed by atoms with Gasteiger partial charge in [0, 0.05) is 28.9 Å². The normalized spacial score (nSPS) is 8.99. The summed E-state index contributed by atoms with van der Waals surface area (Å²) in [5, 5.41) is 37.5. The molecule has 22 rings (SSSR count). The molecule has 0 amide bonds. The minimum absolute atomic E-state index is 1.30. The first-order chi connectivity index (χ1) is 72.0. The lowest BCUT2D eigenvalue weighted by atomic mass is 9.92. The second-order valence-electron chi connectivity index (χ2n) is 28.6. The summed E-state index contributed by atoms with van der Waals surface area (Å²) in [6.07, 6.45) is 0. The highest BCUT2D eigenvalue weighted by molar-refractivity contribution is 6.27. The first kappa shape index (κ1) is 139. The third kappa shape index (κ3) is 39.6. The fourth-order valence-electron chi connectivity index (χ4n) is 16.1. The van der Waals surface area contributed by atoms with Crippen molar-refractivity contribution in [2.75, 3.05) is 0 Å². The Labute approximate surface area is 893 Å². The number of aryl methyl sites for hydroxylation is 7. The molecule has 0 atom stereocenters. The number of benzene rings is 21. The third-order valence-corrected chi connectivity index (χ3v) is 21.6. The molecule has 0 aliphatic heterocycles. The first-order valence-electron chi connectivity index (χ1n) is 56.6. The van der Waals surface area contributed by atoms with Crippen molar-refractivity contribution in [2.24, 2.45) is 7.05 Å². The summed E-state index contributed by atoms with van der Waals surface area (Å²) in [5.41, 5.74) is 10.7. The molecule has 0 aliphatic carbocycles. The maximum atomic E-state index is 2.30. The molecular weight excluding hydrogens is 1760 g/mol. The lowest BCUT2D eigenvalue weighted by Crippen LogP contribution is -1.85. The van der Waals surface area contributed by atoms with Crippen molar-refractivity contribution in [1.29, 1.82) is 0 Å². The molecule has 0 unspecified atom stereocenters. The van der Waals surface area contributed by atoms with Gasteiger partial charge >= 0.3 is 0 Å². The highest BCUT2D eigenvalue weighted by Gasteiger charge is 2.12. The Bertz CT molecular complexity index is 6800. The van der Waals surface area contributed by atoms with Crippen molar-refractivity contribution >= 4 is 162 Å². The van der Waals surface area contributed by atoms with Gasteiger partial charge in [-0.15, -0.1) is 0 Å². The Morgan fingerprint density at radius 3 is 0.712 bits per heavy atom. The van der Waals surface area contributed by atoms with Crippen LogP contribution in [-0.2, 0) is 7.05 Å². The first-order valence-corrected chi connectivity index (χ1v) is 56.6. The van der Waals surface area contributed by atoms with Gasteiger partial charge in [0.05, 0.1) is 0 Å². The molecule has 0 radical (unpaired) electrons. The number of rotatable bonds is 0. The molecule has 1 aromatic heterocycles. The van der Waals surface area contributed by atoms with E-state index in [0.29, 0.717) is 0 Å². The van der Waals surface area contributed by atoms with Crippen LogP contribution in [0.2, 0.25) is 0 Å². The van der Waals surface area contributed by atoms with Gasteiger partial charge in [-0.1, -0.05) is 620 Å². The van der Waals surface area contributed by atoms with Crippen molar-refractivity contribution < 1.29 is 0 Å². The number of aromatic nitrogens is 1. The van der Waals surface area contributed by atoms with E-state index in [2.05, 4.69) is 441 Å². The molecule has 1 heterocycles. The minimum Gasteiger partial charge on any atom is -0.344 e. The van der Waals surface area contributed by atoms with Crippen LogP contribution in [0.1, 0.15) is 296 Å². The fraction of sp³-hybridized carbons (Fsp3) is 0.310. The van der Waals surface area contributed by atoms with Gasteiger partial charge in [-0.25, -0.2) is 0 Å². The summed E-state index contributed by atoms with van der Waals surface area (Å²) in [5.74, 6) is 0. The number of para-hydroxylation sites is 2. The van der Waals surface area contributed by atoms with E-state index >= 15 is 0 Å². The molecule has 21 aromatic carbocycles. The number of hydrogen-bond acceptors (Lipinski definition) is 0. The maximum Gasteiger partial charge on any atom is 0.0488 e. The van der Waals surface area contributed by atoms with Crippen LogP contribution in [0, 0.1) is 41.5 Å². The van der Waals surface area contributed by atoms with Gasteiger partial charge in [0.1, 0.15) is 0 Å². The molecular formula is C145H199N. The lowest BCUT2D eigenvalue weighted by Gasteiger charge is -2.11. The number of fused-ring (bicyclic) bond motifs is 22. The van der Waals surface area contributed by atoms with E-state index in [9.17, 15) is 0 Å². The van der Waals surface area contributed by atoms with Gasteiger partial charge in [-0.2, -0.15) is 0 Å². The van der Waals surface area contributed by atoms with Gasteiger partial charge in [0.25, 0.3) is 0 Å². The summed E-state index contributed by atoms with van der Waals surface area (Å²) < 4.78 is 2.24. The van der Waals surface area contributed by atoms with Crippen LogP contribution in [0.15, 0.2) is 388 Å². The maximum absolute atomic E-state index is 2.30. The molecule has 22 aromatic rings. The number of nitrogens with zero attached hydrogens (tertiary/aromatic N) is 1. The van der Waals surface area contributed by atoms with Crippen molar-refractivity contribution in [2.45, 2.75) is 305 Å². The van der Waals surface area contributed by atoms with E-state index in [1.54, 1.807) is 0 Å². The largest absolute Gasteiger partial charge is 0.344 e. The van der Waals surface area contributed by atoms with Gasteiger partial charge in [-0.05, 0) is 246 Å². The molecule has 1 nitrogen and oxygen atoms in total. The quantitative estimate of drug-likeness (QED) is 0.105. The van der Waals surface area contributed by atoms with Crippen molar-refractivity contribution in [1.82, 2.24) is 4.57 Å². The van der Waals surface area contributed by atoms with Crippen molar-refractivity contribution in [3.8, 4) is 0 Å².